The van der Waals surface area contributed by atoms with E-state index in [2.05, 4.69) is 0 Å². The van der Waals surface area contributed by atoms with Crippen molar-refractivity contribution >= 4 is 27.9 Å². The monoisotopic (exact) mass is 413 g/mol. The zero-order chi connectivity index (χ0) is 20.6. The predicted molar refractivity (Wildman–Crippen MR) is 94.9 cm³/mol. The van der Waals surface area contributed by atoms with Gasteiger partial charge in [0, 0.05) is 6.04 Å². The Kier molecular flexibility index (Phi) is 5.50. The molecule has 0 bridgehead atoms. The van der Waals surface area contributed by atoms with Crippen molar-refractivity contribution in [2.45, 2.75) is 24.8 Å². The highest BCUT2D eigenvalue weighted by Crippen LogP contribution is 2.17. The molecule has 0 atom stereocenters. The van der Waals surface area contributed by atoms with Gasteiger partial charge in [-0.15, -0.1) is 0 Å². The Morgan fingerprint density at radius 2 is 1.75 bits per heavy atom. The number of nitrogens with zero attached hydrogens (tertiary/aromatic N) is 3. The van der Waals surface area contributed by atoms with Gasteiger partial charge < -0.3 is 4.90 Å². The van der Waals surface area contributed by atoms with Crippen molar-refractivity contribution in [1.82, 2.24) is 14.1 Å². The summed E-state index contributed by atoms with van der Waals surface area (Å²) in [6.07, 6.45) is 0. The van der Waals surface area contributed by atoms with E-state index in [0.717, 1.165) is 20.8 Å². The van der Waals surface area contributed by atoms with Gasteiger partial charge in [-0.2, -0.15) is 4.31 Å². The van der Waals surface area contributed by atoms with Gasteiger partial charge in [-0.25, -0.2) is 22.5 Å². The number of amides is 4. The predicted octanol–water partition coefficient (Wildman–Crippen LogP) is -1.13. The summed E-state index contributed by atoms with van der Waals surface area (Å²) >= 11 is 0. The maximum Gasteiger partial charge on any atom is 0.338 e. The van der Waals surface area contributed by atoms with Crippen molar-refractivity contribution in [3.05, 3.63) is 30.1 Å². The summed E-state index contributed by atoms with van der Waals surface area (Å²) < 4.78 is 39.9. The number of piperazine rings is 1. The molecule has 2 aliphatic rings. The van der Waals surface area contributed by atoms with E-state index in [1.165, 1.54) is 22.5 Å². The van der Waals surface area contributed by atoms with E-state index in [1.807, 2.05) is 0 Å². The molecule has 0 radical (unpaired) electrons. The van der Waals surface area contributed by atoms with Crippen molar-refractivity contribution in [2.75, 3.05) is 32.8 Å². The smallest absolute Gasteiger partial charge is 0.315 e. The molecule has 1 aromatic carbocycles. The van der Waals surface area contributed by atoms with Crippen LogP contribution in [-0.4, -0.2) is 79.3 Å². The molecule has 1 aromatic rings. The van der Waals surface area contributed by atoms with Crippen LogP contribution in [0.25, 0.3) is 0 Å². The molecule has 0 aliphatic carbocycles. The number of quaternary nitrogens is 1. The Bertz CT molecular complexity index is 912. The van der Waals surface area contributed by atoms with Crippen molar-refractivity contribution < 1.29 is 32.1 Å². The zero-order valence-electron chi connectivity index (χ0n) is 15.6. The zero-order valence-corrected chi connectivity index (χ0v) is 16.4. The summed E-state index contributed by atoms with van der Waals surface area (Å²) in [7, 11) is -3.82. The second kappa shape index (κ2) is 7.57. The molecule has 2 aliphatic heterocycles. The summed E-state index contributed by atoms with van der Waals surface area (Å²) in [6, 6.07) is 3.76. The minimum absolute atomic E-state index is 0.000476. The van der Waals surface area contributed by atoms with E-state index >= 15 is 0 Å². The van der Waals surface area contributed by atoms with Crippen LogP contribution in [0, 0.1) is 5.82 Å². The quantitative estimate of drug-likeness (QED) is 0.487. The van der Waals surface area contributed by atoms with E-state index in [4.69, 9.17) is 0 Å². The van der Waals surface area contributed by atoms with Crippen LogP contribution in [0.5, 0.6) is 0 Å². The summed E-state index contributed by atoms with van der Waals surface area (Å²) in [6.45, 7) is 4.31. The third-order valence-electron chi connectivity index (χ3n) is 4.85. The summed E-state index contributed by atoms with van der Waals surface area (Å²) in [5, 5.41) is 0. The Morgan fingerprint density at radius 1 is 1.11 bits per heavy atom. The molecular formula is C17H22FN4O5S+. The molecule has 3 rings (SSSR count). The second-order valence-corrected chi connectivity index (χ2v) is 8.99. The molecule has 28 heavy (non-hydrogen) atoms. The van der Waals surface area contributed by atoms with Gasteiger partial charge in [-0.1, -0.05) is 6.07 Å². The summed E-state index contributed by atoms with van der Waals surface area (Å²) in [5.74, 6) is -2.33. The molecule has 9 nitrogen and oxygen atoms in total. The minimum Gasteiger partial charge on any atom is -0.315 e. The van der Waals surface area contributed by atoms with E-state index in [9.17, 15) is 27.2 Å². The van der Waals surface area contributed by atoms with Crippen LogP contribution in [0.1, 0.15) is 13.8 Å². The number of halogens is 1. The average molecular weight is 413 g/mol. The maximum absolute atomic E-state index is 13.4. The van der Waals surface area contributed by atoms with Crippen LogP contribution < -0.4 is 4.90 Å². The molecule has 0 aromatic heterocycles. The fourth-order valence-corrected chi connectivity index (χ4v) is 4.79. The number of hydrogen-bond acceptors (Lipinski definition) is 5. The summed E-state index contributed by atoms with van der Waals surface area (Å²) in [4.78, 5) is 38.9. The molecule has 2 fully saturated rings. The minimum atomic E-state index is -3.82. The number of nitrogens with one attached hydrogen (secondary N) is 1. The first-order valence-corrected chi connectivity index (χ1v) is 10.3. The number of rotatable bonds is 5. The first kappa shape index (κ1) is 20.4. The largest absolute Gasteiger partial charge is 0.338 e. The lowest BCUT2D eigenvalue weighted by Gasteiger charge is -2.32. The van der Waals surface area contributed by atoms with Crippen LogP contribution in [0.3, 0.4) is 0 Å². The molecule has 152 valence electrons. The van der Waals surface area contributed by atoms with Gasteiger partial charge in [0.25, 0.3) is 0 Å². The third-order valence-corrected chi connectivity index (χ3v) is 6.74. The van der Waals surface area contributed by atoms with Crippen molar-refractivity contribution in [3.63, 3.8) is 0 Å². The van der Waals surface area contributed by atoms with E-state index < -0.39 is 39.7 Å². The van der Waals surface area contributed by atoms with Crippen LogP contribution in [0.4, 0.5) is 9.18 Å². The molecule has 0 unspecified atom stereocenters. The van der Waals surface area contributed by atoms with Gasteiger partial charge >= 0.3 is 17.8 Å². The summed E-state index contributed by atoms with van der Waals surface area (Å²) in [5.41, 5.74) is 0. The van der Waals surface area contributed by atoms with E-state index in [0.29, 0.717) is 13.1 Å². The van der Waals surface area contributed by atoms with Crippen LogP contribution in [-0.2, 0) is 19.6 Å². The lowest BCUT2D eigenvalue weighted by atomic mass is 10.3. The average Bonchev–Trinajstić information content (AvgIpc) is 2.85. The normalized spacial score (nSPS) is 19.9. The Hall–Kier alpha value is -2.37. The number of urea groups is 1. The topological polar surface area (TPSA) is 99.5 Å². The number of carbonyl (C=O) groups is 3. The van der Waals surface area contributed by atoms with Gasteiger partial charge in [-0.3, -0.25) is 14.5 Å². The Balaban J connectivity index is 1.64. The van der Waals surface area contributed by atoms with E-state index in [1.54, 1.807) is 13.8 Å². The molecule has 1 N–H and O–H groups in total. The highest BCUT2D eigenvalue weighted by atomic mass is 32.2. The standard InChI is InChI=1S/C17H21FN4O5S/c1-12(2)22-16(24)15(23)21(17(22)25)11-19-6-8-20(9-7-19)28(26,27)14-5-3-4-13(18)10-14/h3-5,10,12H,6-9,11H2,1-2H3/p+1. The first-order valence-electron chi connectivity index (χ1n) is 8.91. The Morgan fingerprint density at radius 3 is 2.29 bits per heavy atom. The highest BCUT2D eigenvalue weighted by Gasteiger charge is 2.47. The van der Waals surface area contributed by atoms with Crippen molar-refractivity contribution in [3.8, 4) is 0 Å². The van der Waals surface area contributed by atoms with Crippen molar-refractivity contribution in [2.24, 2.45) is 0 Å². The van der Waals surface area contributed by atoms with Gasteiger partial charge in [0.15, 0.2) is 6.67 Å². The number of carbonyl (C=O) groups excluding carboxylic acids is 3. The Labute approximate surface area is 162 Å². The van der Waals surface area contributed by atoms with Crippen molar-refractivity contribution in [1.29, 1.82) is 0 Å². The SMILES string of the molecule is CC(C)N1C(=O)C(=O)N(C[NH+]2CCN(S(=O)(=O)c3cccc(F)c3)CC2)C1=O. The highest BCUT2D eigenvalue weighted by molar-refractivity contribution is 7.89. The van der Waals surface area contributed by atoms with Gasteiger partial charge in [0.1, 0.15) is 5.82 Å². The van der Waals surface area contributed by atoms with Gasteiger partial charge in [0.2, 0.25) is 10.0 Å². The lowest BCUT2D eigenvalue weighted by molar-refractivity contribution is -0.910. The van der Waals surface area contributed by atoms with Crippen LogP contribution in [0.2, 0.25) is 0 Å². The molecule has 0 saturated carbocycles. The molecular weight excluding hydrogens is 391 g/mol. The maximum atomic E-state index is 13.4. The number of benzene rings is 1. The van der Waals surface area contributed by atoms with Gasteiger partial charge in [-0.05, 0) is 32.0 Å². The first-order chi connectivity index (χ1) is 13.1. The molecule has 2 saturated heterocycles. The van der Waals surface area contributed by atoms with Gasteiger partial charge in [0.05, 0.1) is 31.1 Å². The fourth-order valence-electron chi connectivity index (χ4n) is 3.32. The van der Waals surface area contributed by atoms with Crippen LogP contribution >= 0.6 is 0 Å². The second-order valence-electron chi connectivity index (χ2n) is 7.05. The molecule has 2 heterocycles. The fraction of sp³-hybridized carbons (Fsp3) is 0.471. The van der Waals surface area contributed by atoms with Crippen LogP contribution in [0.15, 0.2) is 29.2 Å². The lowest BCUT2D eigenvalue weighted by Crippen LogP contribution is -3.16. The molecule has 11 heteroatoms. The van der Waals surface area contributed by atoms with E-state index in [-0.39, 0.29) is 24.7 Å². The number of imide groups is 2. The number of sulfonamides is 1. The molecule has 0 spiro atoms. The third kappa shape index (κ3) is 3.64. The molecule has 4 amide bonds. The number of hydrogen-bond donors (Lipinski definition) is 1.